The van der Waals surface area contributed by atoms with Crippen molar-refractivity contribution in [1.29, 1.82) is 0 Å². The summed E-state index contributed by atoms with van der Waals surface area (Å²) >= 11 is 0. The molecular weight excluding hydrogens is 364 g/mol. The third-order valence-electron chi connectivity index (χ3n) is 5.79. The Kier molecular flexibility index (Phi) is 5.10. The van der Waals surface area contributed by atoms with Gasteiger partial charge in [-0.15, -0.1) is 0 Å². The molecule has 4 rings (SSSR count). The summed E-state index contributed by atoms with van der Waals surface area (Å²) in [5, 5.41) is 1.12. The van der Waals surface area contributed by atoms with Crippen LogP contribution in [0, 0.1) is 0 Å². The molecule has 1 saturated heterocycles. The van der Waals surface area contributed by atoms with Crippen LogP contribution in [-0.2, 0) is 0 Å². The maximum absolute atomic E-state index is 6.16. The molecule has 3 heterocycles. The molecule has 1 aromatic carbocycles. The van der Waals surface area contributed by atoms with Crippen LogP contribution in [0.15, 0.2) is 36.7 Å². The van der Waals surface area contributed by atoms with Gasteiger partial charge in [-0.2, -0.15) is 0 Å². The van der Waals surface area contributed by atoms with Crippen LogP contribution >= 0.6 is 0 Å². The van der Waals surface area contributed by atoms with Gasteiger partial charge in [0.2, 0.25) is 0 Å². The molecule has 2 aromatic heterocycles. The molecule has 1 unspecified atom stereocenters. The second kappa shape index (κ2) is 7.71. The molecule has 1 fully saturated rings. The Morgan fingerprint density at radius 2 is 1.79 bits per heavy atom. The molecule has 0 spiro atoms. The number of nitrogen functional groups attached to an aromatic ring is 2. The van der Waals surface area contributed by atoms with E-state index in [0.717, 1.165) is 48.5 Å². The Bertz CT molecular complexity index is 1010. The van der Waals surface area contributed by atoms with Crippen molar-refractivity contribution in [2.24, 2.45) is 0 Å². The van der Waals surface area contributed by atoms with Gasteiger partial charge in [-0.05, 0) is 26.1 Å². The number of benzene rings is 1. The number of nitrogens with zero attached hydrogens (tertiary/aromatic N) is 6. The second-order valence-corrected chi connectivity index (χ2v) is 7.67. The summed E-state index contributed by atoms with van der Waals surface area (Å²) in [6.07, 6.45) is 1.45. The summed E-state index contributed by atoms with van der Waals surface area (Å²) in [4.78, 5) is 20.2. The molecule has 8 nitrogen and oxygen atoms in total. The van der Waals surface area contributed by atoms with Gasteiger partial charge >= 0.3 is 0 Å². The first-order valence-electron chi connectivity index (χ1n) is 9.87. The molecule has 0 amide bonds. The van der Waals surface area contributed by atoms with E-state index in [2.05, 4.69) is 51.9 Å². The molecule has 152 valence electrons. The molecule has 0 bridgehead atoms. The number of likely N-dealkylation sites (N-methyl/N-ethyl adjacent to an activating group) is 1. The fraction of sp³-hybridized carbons (Fsp3) is 0.381. The Morgan fingerprint density at radius 3 is 2.55 bits per heavy atom. The van der Waals surface area contributed by atoms with Crippen molar-refractivity contribution in [3.63, 3.8) is 0 Å². The lowest BCUT2D eigenvalue weighted by atomic mass is 10.0. The lowest BCUT2D eigenvalue weighted by molar-refractivity contribution is 0.311. The van der Waals surface area contributed by atoms with Crippen LogP contribution in [0.1, 0.15) is 18.5 Å². The van der Waals surface area contributed by atoms with E-state index in [9.17, 15) is 0 Å². The van der Waals surface area contributed by atoms with Crippen LogP contribution < -0.4 is 21.3 Å². The van der Waals surface area contributed by atoms with Gasteiger partial charge in [0.1, 0.15) is 17.8 Å². The Labute approximate surface area is 171 Å². The topological polar surface area (TPSA) is 100 Å². The fourth-order valence-electron chi connectivity index (χ4n) is 3.77. The number of piperazine rings is 1. The van der Waals surface area contributed by atoms with Gasteiger partial charge in [-0.25, -0.2) is 15.0 Å². The van der Waals surface area contributed by atoms with E-state index in [4.69, 9.17) is 16.5 Å². The smallest absolute Gasteiger partial charge is 0.157 e. The van der Waals surface area contributed by atoms with E-state index in [0.29, 0.717) is 17.3 Å². The molecule has 1 aliphatic heterocycles. The van der Waals surface area contributed by atoms with Gasteiger partial charge in [-0.3, -0.25) is 0 Å². The zero-order valence-corrected chi connectivity index (χ0v) is 17.2. The summed E-state index contributed by atoms with van der Waals surface area (Å²) in [5.41, 5.74) is 14.6. The van der Waals surface area contributed by atoms with E-state index < -0.39 is 0 Å². The number of pyridine rings is 1. The highest BCUT2D eigenvalue weighted by Gasteiger charge is 2.25. The number of aromatic nitrogens is 3. The third-order valence-corrected chi connectivity index (χ3v) is 5.79. The number of rotatable bonds is 4. The molecule has 1 atom stereocenters. The third kappa shape index (κ3) is 3.63. The Balaban J connectivity index is 1.78. The molecule has 0 radical (unpaired) electrons. The van der Waals surface area contributed by atoms with Crippen molar-refractivity contribution in [2.75, 3.05) is 61.5 Å². The second-order valence-electron chi connectivity index (χ2n) is 7.67. The maximum atomic E-state index is 6.16. The van der Waals surface area contributed by atoms with Crippen LogP contribution in [0.5, 0.6) is 0 Å². The first kappa shape index (κ1) is 19.2. The van der Waals surface area contributed by atoms with Crippen LogP contribution in [0.2, 0.25) is 0 Å². The van der Waals surface area contributed by atoms with E-state index >= 15 is 0 Å². The van der Waals surface area contributed by atoms with Gasteiger partial charge in [0, 0.05) is 44.2 Å². The van der Waals surface area contributed by atoms with E-state index in [-0.39, 0.29) is 6.04 Å². The van der Waals surface area contributed by atoms with Gasteiger partial charge in [-0.1, -0.05) is 18.2 Å². The predicted octanol–water partition coefficient (Wildman–Crippen LogP) is 2.14. The minimum Gasteiger partial charge on any atom is -0.393 e. The molecule has 1 aliphatic rings. The largest absolute Gasteiger partial charge is 0.393 e. The highest BCUT2D eigenvalue weighted by Crippen LogP contribution is 2.35. The zero-order chi connectivity index (χ0) is 20.5. The number of anilines is 4. The standard InChI is InChI=1S/C21H28N8/c1-14(28(3)21-18(22)19(23)24-13-25-21)16-12-15-6-4-5-7-17(15)26-20(16)29-10-8-27(2)9-11-29/h4-7,12-14H,8-11,22H2,1-3H3,(H2,23,24,25). The lowest BCUT2D eigenvalue weighted by Gasteiger charge is -2.36. The van der Waals surface area contributed by atoms with Crippen molar-refractivity contribution in [2.45, 2.75) is 13.0 Å². The quantitative estimate of drug-likeness (QED) is 0.696. The molecule has 3 aromatic rings. The van der Waals surface area contributed by atoms with Gasteiger partial charge in [0.05, 0.1) is 11.6 Å². The Hall–Kier alpha value is -3.13. The highest BCUT2D eigenvalue weighted by atomic mass is 15.3. The molecule has 0 saturated carbocycles. The number of para-hydroxylation sites is 1. The Morgan fingerprint density at radius 1 is 1.07 bits per heavy atom. The average molecular weight is 393 g/mol. The van der Waals surface area contributed by atoms with Crippen LogP contribution in [0.25, 0.3) is 10.9 Å². The van der Waals surface area contributed by atoms with Crippen molar-refractivity contribution in [1.82, 2.24) is 19.9 Å². The molecule has 0 aliphatic carbocycles. The number of hydrogen-bond donors (Lipinski definition) is 2. The number of nitrogens with two attached hydrogens (primary N) is 2. The highest BCUT2D eigenvalue weighted by molar-refractivity contribution is 5.82. The summed E-state index contributed by atoms with van der Waals surface area (Å²) in [6.45, 7) is 6.09. The summed E-state index contributed by atoms with van der Waals surface area (Å²) in [7, 11) is 4.14. The first-order chi connectivity index (χ1) is 14.0. The van der Waals surface area contributed by atoms with Crippen molar-refractivity contribution < 1.29 is 0 Å². The van der Waals surface area contributed by atoms with E-state index in [1.54, 1.807) is 0 Å². The van der Waals surface area contributed by atoms with Crippen molar-refractivity contribution >= 4 is 34.0 Å². The van der Waals surface area contributed by atoms with Crippen LogP contribution in [0.3, 0.4) is 0 Å². The molecular formula is C21H28N8. The molecule has 29 heavy (non-hydrogen) atoms. The van der Waals surface area contributed by atoms with Gasteiger partial charge in [0.25, 0.3) is 0 Å². The lowest BCUT2D eigenvalue weighted by Crippen LogP contribution is -2.45. The minimum absolute atomic E-state index is 0.00152. The van der Waals surface area contributed by atoms with Crippen molar-refractivity contribution in [3.8, 4) is 0 Å². The van der Waals surface area contributed by atoms with E-state index in [1.165, 1.54) is 6.33 Å². The molecule has 4 N–H and O–H groups in total. The van der Waals surface area contributed by atoms with Gasteiger partial charge in [0.15, 0.2) is 11.6 Å². The van der Waals surface area contributed by atoms with E-state index in [1.807, 2.05) is 24.1 Å². The monoisotopic (exact) mass is 392 g/mol. The number of fused-ring (bicyclic) bond motifs is 1. The van der Waals surface area contributed by atoms with Crippen molar-refractivity contribution in [3.05, 3.63) is 42.2 Å². The molecule has 8 heteroatoms. The predicted molar refractivity (Wildman–Crippen MR) is 119 cm³/mol. The van der Waals surface area contributed by atoms with Crippen LogP contribution in [0.4, 0.5) is 23.1 Å². The minimum atomic E-state index is -0.00152. The SMILES string of the molecule is CC(c1cc2ccccc2nc1N1CCN(C)CC1)N(C)c1ncnc(N)c1N. The summed E-state index contributed by atoms with van der Waals surface area (Å²) < 4.78 is 0. The summed E-state index contributed by atoms with van der Waals surface area (Å²) in [6, 6.07) is 10.5. The maximum Gasteiger partial charge on any atom is 0.157 e. The van der Waals surface area contributed by atoms with Crippen LogP contribution in [-0.4, -0.2) is 60.1 Å². The average Bonchev–Trinajstić information content (AvgIpc) is 2.74. The normalized spacial score (nSPS) is 16.2. The summed E-state index contributed by atoms with van der Waals surface area (Å²) in [5.74, 6) is 1.95. The van der Waals surface area contributed by atoms with Gasteiger partial charge < -0.3 is 26.2 Å². The zero-order valence-electron chi connectivity index (χ0n) is 17.2. The number of hydrogen-bond acceptors (Lipinski definition) is 8. The first-order valence-corrected chi connectivity index (χ1v) is 9.87. The fourth-order valence-corrected chi connectivity index (χ4v) is 3.77.